The smallest absolute Gasteiger partial charge is 0.260 e. The zero-order valence-electron chi connectivity index (χ0n) is 21.3. The number of anilines is 1. The van der Waals surface area contributed by atoms with Crippen LogP contribution in [0.4, 0.5) is 5.82 Å². The van der Waals surface area contributed by atoms with Crippen molar-refractivity contribution in [1.82, 2.24) is 24.6 Å². The number of nitrogens with one attached hydrogen (secondary N) is 1. The molecule has 190 valence electrons. The van der Waals surface area contributed by atoms with Gasteiger partial charge in [0.25, 0.3) is 5.91 Å². The van der Waals surface area contributed by atoms with Crippen molar-refractivity contribution in [2.45, 2.75) is 46.7 Å². The fourth-order valence-corrected chi connectivity index (χ4v) is 4.23. The van der Waals surface area contributed by atoms with Crippen LogP contribution >= 0.6 is 0 Å². The van der Waals surface area contributed by atoms with E-state index in [0.29, 0.717) is 48.2 Å². The first-order chi connectivity index (χ1) is 17.1. The first-order valence-electron chi connectivity index (χ1n) is 11.9. The lowest BCUT2D eigenvalue weighted by molar-refractivity contribution is -0.140. The van der Waals surface area contributed by atoms with Crippen LogP contribution in [0, 0.1) is 5.41 Å². The Kier molecular flexibility index (Phi) is 7.07. The van der Waals surface area contributed by atoms with E-state index < -0.39 is 5.41 Å². The van der Waals surface area contributed by atoms with Gasteiger partial charge in [-0.25, -0.2) is 4.98 Å². The third kappa shape index (κ3) is 5.08. The normalized spacial score (nSPS) is 14.2. The average molecular weight is 493 g/mol. The largest absolute Gasteiger partial charge is 0.496 e. The second kappa shape index (κ2) is 10.1. The monoisotopic (exact) mass is 492 g/mol. The molecular formula is C26H32N6O4. The van der Waals surface area contributed by atoms with Crippen LogP contribution in [-0.4, -0.2) is 61.8 Å². The predicted octanol–water partition coefficient (Wildman–Crippen LogP) is 3.09. The van der Waals surface area contributed by atoms with E-state index in [1.165, 1.54) is 13.4 Å². The second-order valence-electron chi connectivity index (χ2n) is 10.0. The van der Waals surface area contributed by atoms with Gasteiger partial charge in [-0.3, -0.25) is 9.59 Å². The number of methoxy groups -OCH3 is 1. The van der Waals surface area contributed by atoms with Crippen molar-refractivity contribution < 1.29 is 19.4 Å². The Bertz CT molecular complexity index is 1280. The molecule has 1 atom stereocenters. The highest BCUT2D eigenvalue weighted by molar-refractivity contribution is 6.06. The number of pyridine rings is 1. The number of aliphatic hydroxyl groups excluding tert-OH is 1. The number of hydrogen-bond donors (Lipinski definition) is 2. The highest BCUT2D eigenvalue weighted by atomic mass is 16.5. The number of aliphatic hydroxyl groups is 1. The van der Waals surface area contributed by atoms with Crippen LogP contribution in [0.15, 0.2) is 36.7 Å². The summed E-state index contributed by atoms with van der Waals surface area (Å²) in [5.74, 6) is 1.01. The second-order valence-corrected chi connectivity index (χ2v) is 10.0. The Morgan fingerprint density at radius 3 is 2.69 bits per heavy atom. The van der Waals surface area contributed by atoms with Crippen LogP contribution in [0.1, 0.15) is 55.2 Å². The Balaban J connectivity index is 1.59. The number of amides is 2. The van der Waals surface area contributed by atoms with Gasteiger partial charge in [0.15, 0.2) is 5.82 Å². The molecule has 2 amide bonds. The molecule has 1 aliphatic rings. The molecule has 2 N–H and O–H groups in total. The molecule has 1 aliphatic heterocycles. The van der Waals surface area contributed by atoms with Crippen molar-refractivity contribution >= 4 is 17.6 Å². The van der Waals surface area contributed by atoms with Gasteiger partial charge in [-0.2, -0.15) is 0 Å². The summed E-state index contributed by atoms with van der Waals surface area (Å²) >= 11 is 0. The zero-order valence-corrected chi connectivity index (χ0v) is 21.3. The Morgan fingerprint density at radius 2 is 2.00 bits per heavy atom. The Labute approximate surface area is 210 Å². The summed E-state index contributed by atoms with van der Waals surface area (Å²) in [5.41, 5.74) is 2.40. The number of nitrogens with zero attached hydrogens (tertiary/aromatic N) is 5. The lowest BCUT2D eigenvalue weighted by Gasteiger charge is -2.34. The molecule has 0 radical (unpaired) electrons. The van der Waals surface area contributed by atoms with Crippen molar-refractivity contribution in [1.29, 1.82) is 0 Å². The first-order valence-corrected chi connectivity index (χ1v) is 11.9. The summed E-state index contributed by atoms with van der Waals surface area (Å²) in [6.07, 6.45) is 2.24. The molecule has 0 saturated heterocycles. The van der Waals surface area contributed by atoms with Crippen LogP contribution in [0.3, 0.4) is 0 Å². The molecule has 10 heteroatoms. The molecule has 36 heavy (non-hydrogen) atoms. The number of rotatable bonds is 6. The minimum atomic E-state index is -0.472. The van der Waals surface area contributed by atoms with E-state index in [-0.39, 0.29) is 24.5 Å². The van der Waals surface area contributed by atoms with E-state index in [2.05, 4.69) is 20.5 Å². The first kappa shape index (κ1) is 25.3. The number of fused-ring (bicyclic) bond motifs is 1. The number of carbonyl (C=O) groups is 2. The molecule has 0 saturated carbocycles. The van der Waals surface area contributed by atoms with E-state index in [4.69, 9.17) is 4.74 Å². The van der Waals surface area contributed by atoms with Gasteiger partial charge in [-0.15, -0.1) is 10.2 Å². The van der Waals surface area contributed by atoms with Gasteiger partial charge in [0.1, 0.15) is 23.6 Å². The van der Waals surface area contributed by atoms with Gasteiger partial charge in [0, 0.05) is 18.5 Å². The fourth-order valence-electron chi connectivity index (χ4n) is 4.23. The highest BCUT2D eigenvalue weighted by Gasteiger charge is 2.30. The summed E-state index contributed by atoms with van der Waals surface area (Å²) < 4.78 is 7.26. The van der Waals surface area contributed by atoms with Gasteiger partial charge < -0.3 is 24.6 Å². The van der Waals surface area contributed by atoms with E-state index in [1.54, 1.807) is 28.8 Å². The molecule has 3 aromatic rings. The summed E-state index contributed by atoms with van der Waals surface area (Å²) in [5, 5.41) is 20.4. The summed E-state index contributed by atoms with van der Waals surface area (Å²) in [4.78, 5) is 32.5. The number of aromatic nitrogens is 4. The number of benzene rings is 1. The van der Waals surface area contributed by atoms with Gasteiger partial charge in [-0.1, -0.05) is 26.8 Å². The van der Waals surface area contributed by atoms with Crippen molar-refractivity contribution in [3.05, 3.63) is 53.3 Å². The van der Waals surface area contributed by atoms with E-state index >= 15 is 0 Å². The lowest BCUT2D eigenvalue weighted by Crippen LogP contribution is -2.42. The molecule has 10 nitrogen and oxygen atoms in total. The van der Waals surface area contributed by atoms with E-state index in [0.717, 1.165) is 11.1 Å². The summed E-state index contributed by atoms with van der Waals surface area (Å²) in [6.45, 7) is 8.58. The zero-order chi connectivity index (χ0) is 26.0. The maximum Gasteiger partial charge on any atom is 0.260 e. The molecule has 1 aromatic carbocycles. The fraction of sp³-hybridized carbons (Fsp3) is 0.423. The van der Waals surface area contributed by atoms with E-state index in [1.807, 2.05) is 38.7 Å². The van der Waals surface area contributed by atoms with E-state index in [9.17, 15) is 14.7 Å². The molecule has 1 unspecified atom stereocenters. The summed E-state index contributed by atoms with van der Waals surface area (Å²) in [6, 6.07) is 8.67. The number of carbonyl (C=O) groups excluding carboxylic acids is 2. The van der Waals surface area contributed by atoms with Gasteiger partial charge >= 0.3 is 0 Å². The van der Waals surface area contributed by atoms with Crippen LogP contribution in [0.2, 0.25) is 0 Å². The van der Waals surface area contributed by atoms with Crippen LogP contribution < -0.4 is 10.1 Å². The molecule has 0 fully saturated rings. The van der Waals surface area contributed by atoms with Crippen molar-refractivity contribution in [3.63, 3.8) is 0 Å². The molecule has 4 rings (SSSR count). The molecule has 0 aliphatic carbocycles. The van der Waals surface area contributed by atoms with Crippen LogP contribution in [-0.2, 0) is 17.8 Å². The van der Waals surface area contributed by atoms with Crippen molar-refractivity contribution in [3.8, 4) is 17.3 Å². The molecule has 3 heterocycles. The van der Waals surface area contributed by atoms with Crippen molar-refractivity contribution in [2.75, 3.05) is 25.6 Å². The maximum atomic E-state index is 13.3. The minimum Gasteiger partial charge on any atom is -0.496 e. The Morgan fingerprint density at radius 1 is 1.22 bits per heavy atom. The van der Waals surface area contributed by atoms with Crippen LogP contribution in [0.5, 0.6) is 5.75 Å². The Hall–Kier alpha value is -3.79. The van der Waals surface area contributed by atoms with Gasteiger partial charge in [0.2, 0.25) is 5.91 Å². The molecule has 2 aromatic heterocycles. The molecule has 0 bridgehead atoms. The molecule has 0 spiro atoms. The van der Waals surface area contributed by atoms with Gasteiger partial charge in [0.05, 0.1) is 25.3 Å². The lowest BCUT2D eigenvalue weighted by atomic mass is 9.91. The average Bonchev–Trinajstić information content (AvgIpc) is 3.36. The number of hydrogen-bond acceptors (Lipinski definition) is 7. The third-order valence-electron chi connectivity index (χ3n) is 6.24. The third-order valence-corrected chi connectivity index (χ3v) is 6.24. The van der Waals surface area contributed by atoms with Gasteiger partial charge in [-0.05, 0) is 48.7 Å². The highest BCUT2D eigenvalue weighted by Crippen LogP contribution is 2.30. The van der Waals surface area contributed by atoms with Crippen LogP contribution in [0.25, 0.3) is 11.5 Å². The maximum absolute atomic E-state index is 13.3. The quantitative estimate of drug-likeness (QED) is 0.542. The minimum absolute atomic E-state index is 0.0711. The van der Waals surface area contributed by atoms with Crippen molar-refractivity contribution in [2.24, 2.45) is 5.41 Å². The standard InChI is InChI=1S/C26H32N6O4/c1-16(14-33)32-15-27-30-23(32)20-7-6-8-22(28-20)29-24(34)19-11-18-13-31(25(35)26(2,3)4)10-9-17(18)12-21(19)36-5/h6-8,11-12,15-16,33H,9-10,13-14H2,1-5H3,(H,28,29,34). The topological polar surface area (TPSA) is 122 Å². The SMILES string of the molecule is COc1cc2c(cc1C(=O)Nc1cccc(-c3nncn3C(C)CO)n1)CN(C(=O)C(C)(C)C)CC2. The predicted molar refractivity (Wildman–Crippen MR) is 135 cm³/mol. The summed E-state index contributed by atoms with van der Waals surface area (Å²) in [7, 11) is 1.53. The number of ether oxygens (including phenoxy) is 1. The molecular weight excluding hydrogens is 460 g/mol.